The Labute approximate surface area is 215 Å². The fourth-order valence-electron chi connectivity index (χ4n) is 3.77. The van der Waals surface area contributed by atoms with Crippen LogP contribution in [0.5, 0.6) is 0 Å². The minimum atomic E-state index is -4.74. The van der Waals surface area contributed by atoms with E-state index in [1.165, 1.54) is 17.4 Å². The van der Waals surface area contributed by atoms with E-state index in [9.17, 15) is 22.8 Å². The van der Waals surface area contributed by atoms with Crippen LogP contribution in [-0.2, 0) is 17.3 Å². The molecule has 1 amide bonds. The second-order valence-corrected chi connectivity index (χ2v) is 9.64. The van der Waals surface area contributed by atoms with Crippen LogP contribution in [0.4, 0.5) is 18.2 Å². The second kappa shape index (κ2) is 10.3. The molecule has 0 aliphatic heterocycles. The SMILES string of the molecule is CCCc1cc(C(=O)OCC)c(NC(=O)c2cc3nc(-c4ccc(C)c(C)c4)cc(C(F)(F)F)n3n2)s1. The molecule has 3 aromatic heterocycles. The highest BCUT2D eigenvalue weighted by Crippen LogP contribution is 2.34. The van der Waals surface area contributed by atoms with Crippen LogP contribution in [0, 0.1) is 13.8 Å². The Bertz CT molecular complexity index is 1490. The lowest BCUT2D eigenvalue weighted by atomic mass is 10.0. The predicted molar refractivity (Wildman–Crippen MR) is 135 cm³/mol. The molecule has 37 heavy (non-hydrogen) atoms. The number of nitrogens with one attached hydrogen (secondary N) is 1. The molecule has 0 bridgehead atoms. The van der Waals surface area contributed by atoms with Crippen LogP contribution in [0.25, 0.3) is 16.9 Å². The number of ether oxygens (including phenoxy) is 1. The summed E-state index contributed by atoms with van der Waals surface area (Å²) in [7, 11) is 0. The van der Waals surface area contributed by atoms with Gasteiger partial charge in [-0.3, -0.25) is 4.79 Å². The van der Waals surface area contributed by atoms with Gasteiger partial charge in [-0.05, 0) is 56.5 Å². The van der Waals surface area contributed by atoms with Crippen molar-refractivity contribution in [2.45, 2.75) is 46.7 Å². The maximum atomic E-state index is 14.0. The monoisotopic (exact) mass is 530 g/mol. The maximum Gasteiger partial charge on any atom is 0.433 e. The van der Waals surface area contributed by atoms with E-state index in [0.717, 1.165) is 28.5 Å². The number of halogens is 3. The molecule has 1 N–H and O–H groups in total. The molecule has 0 fully saturated rings. The molecular formula is C26H25F3N4O3S. The Morgan fingerprint density at radius 3 is 2.49 bits per heavy atom. The number of hydrogen-bond donors (Lipinski definition) is 1. The van der Waals surface area contributed by atoms with E-state index >= 15 is 0 Å². The van der Waals surface area contributed by atoms with Gasteiger partial charge in [0.2, 0.25) is 0 Å². The van der Waals surface area contributed by atoms with E-state index in [2.05, 4.69) is 15.4 Å². The highest BCUT2D eigenvalue weighted by Gasteiger charge is 2.36. The molecule has 4 aromatic rings. The number of aromatic nitrogens is 3. The third-order valence-electron chi connectivity index (χ3n) is 5.75. The van der Waals surface area contributed by atoms with E-state index in [4.69, 9.17) is 4.74 Å². The number of benzene rings is 1. The molecule has 3 heterocycles. The van der Waals surface area contributed by atoms with Crippen molar-refractivity contribution in [3.8, 4) is 11.3 Å². The van der Waals surface area contributed by atoms with Gasteiger partial charge in [-0.1, -0.05) is 25.5 Å². The molecular weight excluding hydrogens is 505 g/mol. The fraction of sp³-hybridized carbons (Fsp3) is 0.308. The minimum absolute atomic E-state index is 0.113. The summed E-state index contributed by atoms with van der Waals surface area (Å²) in [5.74, 6) is -1.35. The van der Waals surface area contributed by atoms with Crippen molar-refractivity contribution in [2.24, 2.45) is 0 Å². The Kier molecular flexibility index (Phi) is 7.35. The molecule has 4 rings (SSSR count). The third-order valence-corrected chi connectivity index (χ3v) is 6.87. The topological polar surface area (TPSA) is 85.6 Å². The molecule has 0 spiro atoms. The number of carbonyl (C=O) groups is 2. The number of carbonyl (C=O) groups excluding carboxylic acids is 2. The molecule has 0 saturated heterocycles. The van der Waals surface area contributed by atoms with Crippen molar-refractivity contribution in [1.29, 1.82) is 0 Å². The zero-order valence-electron chi connectivity index (χ0n) is 20.7. The molecule has 11 heteroatoms. The first-order valence-corrected chi connectivity index (χ1v) is 12.5. The van der Waals surface area contributed by atoms with Gasteiger partial charge in [0.1, 0.15) is 5.00 Å². The number of fused-ring (bicyclic) bond motifs is 1. The van der Waals surface area contributed by atoms with E-state index in [1.807, 2.05) is 26.8 Å². The number of aryl methyl sites for hydroxylation is 3. The summed E-state index contributed by atoms with van der Waals surface area (Å²) in [5, 5.41) is 6.78. The largest absolute Gasteiger partial charge is 0.462 e. The number of hydrogen-bond acceptors (Lipinski definition) is 6. The van der Waals surface area contributed by atoms with Crippen molar-refractivity contribution in [2.75, 3.05) is 11.9 Å². The lowest BCUT2D eigenvalue weighted by Crippen LogP contribution is -2.16. The standard InChI is InChI=1S/C26H25F3N4O3S/c1-5-7-17-11-18(25(35)36-6-2)24(37-17)31-23(34)20-13-22-30-19(16-9-8-14(3)15(4)10-16)12-21(26(27,28)29)33(22)32-20/h8-13H,5-7H2,1-4H3,(H,31,34). The molecule has 0 radical (unpaired) electrons. The van der Waals surface area contributed by atoms with E-state index in [1.54, 1.807) is 25.1 Å². The number of anilines is 1. The number of rotatable bonds is 7. The summed E-state index contributed by atoms with van der Waals surface area (Å²) in [6.07, 6.45) is -3.21. The summed E-state index contributed by atoms with van der Waals surface area (Å²) in [6, 6.07) is 9.05. The smallest absolute Gasteiger partial charge is 0.433 e. The summed E-state index contributed by atoms with van der Waals surface area (Å²) < 4.78 is 47.6. The zero-order valence-corrected chi connectivity index (χ0v) is 21.5. The number of thiophene rings is 1. The van der Waals surface area contributed by atoms with Crippen LogP contribution >= 0.6 is 11.3 Å². The normalized spacial score (nSPS) is 11.6. The Morgan fingerprint density at radius 1 is 1.08 bits per heavy atom. The van der Waals surface area contributed by atoms with Gasteiger partial charge < -0.3 is 10.1 Å². The van der Waals surface area contributed by atoms with Crippen LogP contribution in [0.2, 0.25) is 0 Å². The summed E-state index contributed by atoms with van der Waals surface area (Å²) in [6.45, 7) is 7.58. The van der Waals surface area contributed by atoms with Gasteiger partial charge in [0.25, 0.3) is 5.91 Å². The zero-order chi connectivity index (χ0) is 26.9. The quantitative estimate of drug-likeness (QED) is 0.277. The first kappa shape index (κ1) is 26.3. The van der Waals surface area contributed by atoms with Gasteiger partial charge in [-0.25, -0.2) is 14.3 Å². The lowest BCUT2D eigenvalue weighted by Gasteiger charge is -2.11. The number of esters is 1. The van der Waals surface area contributed by atoms with Gasteiger partial charge in [0, 0.05) is 16.5 Å². The molecule has 0 aliphatic carbocycles. The molecule has 0 unspecified atom stereocenters. The fourth-order valence-corrected chi connectivity index (χ4v) is 4.91. The highest BCUT2D eigenvalue weighted by atomic mass is 32.1. The summed E-state index contributed by atoms with van der Waals surface area (Å²) >= 11 is 1.21. The average molecular weight is 531 g/mol. The van der Waals surface area contributed by atoms with Crippen LogP contribution in [0.1, 0.15) is 62.8 Å². The van der Waals surface area contributed by atoms with Crippen LogP contribution < -0.4 is 5.32 Å². The molecule has 1 aromatic carbocycles. The van der Waals surface area contributed by atoms with Crippen LogP contribution in [0.3, 0.4) is 0 Å². The highest BCUT2D eigenvalue weighted by molar-refractivity contribution is 7.16. The minimum Gasteiger partial charge on any atom is -0.462 e. The molecule has 0 atom stereocenters. The Balaban J connectivity index is 1.75. The van der Waals surface area contributed by atoms with Crippen molar-refractivity contribution < 1.29 is 27.5 Å². The first-order valence-electron chi connectivity index (χ1n) is 11.7. The third kappa shape index (κ3) is 5.51. The van der Waals surface area contributed by atoms with Crippen LogP contribution in [-0.4, -0.2) is 33.1 Å². The van der Waals surface area contributed by atoms with Gasteiger partial charge in [-0.2, -0.15) is 18.3 Å². The lowest BCUT2D eigenvalue weighted by molar-refractivity contribution is -0.142. The predicted octanol–water partition coefficient (Wildman–Crippen LogP) is 6.47. The van der Waals surface area contributed by atoms with Gasteiger partial charge >= 0.3 is 12.1 Å². The molecule has 194 valence electrons. The molecule has 0 saturated carbocycles. The average Bonchev–Trinajstić information content (AvgIpc) is 3.44. The molecule has 0 aliphatic rings. The molecule has 7 nitrogen and oxygen atoms in total. The second-order valence-electron chi connectivity index (χ2n) is 8.50. The van der Waals surface area contributed by atoms with Crippen molar-refractivity contribution in [3.05, 3.63) is 69.4 Å². The van der Waals surface area contributed by atoms with Crippen molar-refractivity contribution >= 4 is 33.9 Å². The summed E-state index contributed by atoms with van der Waals surface area (Å²) in [4.78, 5) is 30.7. The Morgan fingerprint density at radius 2 is 1.84 bits per heavy atom. The van der Waals surface area contributed by atoms with Crippen molar-refractivity contribution in [3.63, 3.8) is 0 Å². The first-order chi connectivity index (χ1) is 17.5. The number of amides is 1. The van der Waals surface area contributed by atoms with E-state index in [-0.39, 0.29) is 34.2 Å². The summed E-state index contributed by atoms with van der Waals surface area (Å²) in [5.41, 5.74) is 1.29. The van der Waals surface area contributed by atoms with Crippen molar-refractivity contribution in [1.82, 2.24) is 14.6 Å². The van der Waals surface area contributed by atoms with E-state index < -0.39 is 23.7 Å². The Hall–Kier alpha value is -3.73. The number of nitrogens with zero attached hydrogens (tertiary/aromatic N) is 3. The van der Waals surface area contributed by atoms with E-state index in [0.29, 0.717) is 16.5 Å². The maximum absolute atomic E-state index is 14.0. The van der Waals surface area contributed by atoms with Gasteiger partial charge in [0.05, 0.1) is 17.9 Å². The van der Waals surface area contributed by atoms with Gasteiger partial charge in [-0.15, -0.1) is 11.3 Å². The number of alkyl halides is 3. The van der Waals surface area contributed by atoms with Crippen LogP contribution in [0.15, 0.2) is 36.4 Å². The van der Waals surface area contributed by atoms with Gasteiger partial charge in [0.15, 0.2) is 17.0 Å².